The molecule has 0 aliphatic carbocycles. The lowest BCUT2D eigenvalue weighted by molar-refractivity contribution is -0.116. The van der Waals surface area contributed by atoms with Gasteiger partial charge in [0.2, 0.25) is 5.91 Å². The van der Waals surface area contributed by atoms with Crippen LogP contribution in [0, 0.1) is 18.2 Å². The molecule has 1 amide bonds. The zero-order valence-corrected chi connectivity index (χ0v) is 18.1. The molecule has 8 heteroatoms. The van der Waals surface area contributed by atoms with Crippen LogP contribution in [-0.4, -0.2) is 22.1 Å². The Balaban J connectivity index is 1.66. The van der Waals surface area contributed by atoms with E-state index in [0.29, 0.717) is 33.6 Å². The van der Waals surface area contributed by atoms with Crippen LogP contribution < -0.4 is 15.6 Å². The number of fused-ring (bicyclic) bond motifs is 1. The fraction of sp³-hybridized carbons (Fsp3) is 0.208. The van der Waals surface area contributed by atoms with Gasteiger partial charge < -0.3 is 14.6 Å². The Bertz CT molecular complexity index is 1260. The molecule has 6 nitrogen and oxygen atoms in total. The molecular weight excluding hydrogens is 429 g/mol. The summed E-state index contributed by atoms with van der Waals surface area (Å²) < 4.78 is 21.0. The number of terminal acetylenes is 1. The first kappa shape index (κ1) is 21.7. The summed E-state index contributed by atoms with van der Waals surface area (Å²) in [5.74, 6) is 2.79. The summed E-state index contributed by atoms with van der Waals surface area (Å²) in [6.45, 7) is 0.159. The van der Waals surface area contributed by atoms with Crippen molar-refractivity contribution >= 4 is 23.5 Å². The Kier molecular flexibility index (Phi) is 6.28. The van der Waals surface area contributed by atoms with Gasteiger partial charge in [-0.15, -0.1) is 6.42 Å². The molecule has 4 rings (SSSR count). The molecule has 1 atom stereocenters. The van der Waals surface area contributed by atoms with Crippen LogP contribution in [0.15, 0.2) is 58.5 Å². The van der Waals surface area contributed by atoms with Crippen molar-refractivity contribution in [2.24, 2.45) is 7.05 Å². The second-order valence-electron chi connectivity index (χ2n) is 7.27. The van der Waals surface area contributed by atoms with Crippen molar-refractivity contribution in [3.05, 3.63) is 81.4 Å². The Morgan fingerprint density at radius 2 is 2.00 bits per heavy atom. The van der Waals surface area contributed by atoms with Gasteiger partial charge in [-0.2, -0.15) is 4.98 Å². The molecule has 1 aromatic heterocycles. The number of thioether (sulfide) groups is 1. The predicted molar refractivity (Wildman–Crippen MR) is 121 cm³/mol. The van der Waals surface area contributed by atoms with Crippen molar-refractivity contribution in [3.63, 3.8) is 0 Å². The van der Waals surface area contributed by atoms with E-state index in [4.69, 9.17) is 11.2 Å². The number of carbonyl (C=O) groups excluding carboxylic acids is 1. The van der Waals surface area contributed by atoms with Gasteiger partial charge in [0.05, 0.1) is 5.56 Å². The third-order valence-corrected chi connectivity index (χ3v) is 6.30. The monoisotopic (exact) mass is 449 g/mol. The van der Waals surface area contributed by atoms with Crippen LogP contribution in [0.2, 0.25) is 0 Å². The van der Waals surface area contributed by atoms with Gasteiger partial charge in [0.15, 0.2) is 5.16 Å². The zero-order valence-electron chi connectivity index (χ0n) is 17.3. The minimum absolute atomic E-state index is 0.135. The zero-order chi connectivity index (χ0) is 22.7. The maximum absolute atomic E-state index is 14.0. The average Bonchev–Trinajstić information content (AvgIpc) is 2.79. The molecule has 2 aromatic carbocycles. The van der Waals surface area contributed by atoms with Crippen molar-refractivity contribution in [1.82, 2.24) is 9.55 Å². The largest absolute Gasteiger partial charge is 0.481 e. The van der Waals surface area contributed by atoms with Crippen molar-refractivity contribution in [3.8, 4) is 18.1 Å². The number of aromatic nitrogens is 2. The minimum Gasteiger partial charge on any atom is -0.481 e. The van der Waals surface area contributed by atoms with Gasteiger partial charge in [0.1, 0.15) is 24.0 Å². The number of hydrogen-bond acceptors (Lipinski definition) is 5. The molecule has 1 aliphatic heterocycles. The molecule has 0 spiro atoms. The number of benzene rings is 2. The van der Waals surface area contributed by atoms with E-state index in [1.165, 1.54) is 17.8 Å². The molecule has 0 radical (unpaired) electrons. The number of carbonyl (C=O) groups is 1. The van der Waals surface area contributed by atoms with Gasteiger partial charge in [-0.1, -0.05) is 48.0 Å². The number of nitrogens with zero attached hydrogens (tertiary/aromatic N) is 2. The normalized spacial score (nSPS) is 14.9. The second-order valence-corrected chi connectivity index (χ2v) is 8.21. The molecule has 3 aromatic rings. The summed E-state index contributed by atoms with van der Waals surface area (Å²) in [7, 11) is 1.73. The van der Waals surface area contributed by atoms with Gasteiger partial charge in [-0.3, -0.25) is 9.59 Å². The summed E-state index contributed by atoms with van der Waals surface area (Å²) in [6.07, 6.45) is 5.35. The molecule has 0 saturated carbocycles. The SMILES string of the molecule is C#CCOc1ccc([C@@H]2CC(=O)Nc3c2c(=O)nc(SCc2ccccc2F)n3C)cc1. The Labute approximate surface area is 188 Å². The maximum atomic E-state index is 14.0. The number of amides is 1. The van der Waals surface area contributed by atoms with E-state index in [1.54, 1.807) is 41.9 Å². The molecule has 0 unspecified atom stereocenters. The number of halogens is 1. The predicted octanol–water partition coefficient (Wildman–Crippen LogP) is 3.70. The molecule has 1 N–H and O–H groups in total. The van der Waals surface area contributed by atoms with Gasteiger partial charge >= 0.3 is 0 Å². The van der Waals surface area contributed by atoms with Crippen molar-refractivity contribution < 1.29 is 13.9 Å². The Hall–Kier alpha value is -3.57. The molecule has 0 bridgehead atoms. The van der Waals surface area contributed by atoms with E-state index in [9.17, 15) is 14.0 Å². The Morgan fingerprint density at radius 3 is 2.72 bits per heavy atom. The van der Waals surface area contributed by atoms with E-state index in [-0.39, 0.29) is 24.8 Å². The van der Waals surface area contributed by atoms with Gasteiger partial charge in [-0.05, 0) is 29.3 Å². The first-order chi connectivity index (χ1) is 15.5. The molecule has 0 fully saturated rings. The van der Waals surface area contributed by atoms with Crippen LogP contribution in [0.4, 0.5) is 10.2 Å². The highest BCUT2D eigenvalue weighted by molar-refractivity contribution is 7.98. The highest BCUT2D eigenvalue weighted by atomic mass is 32.2. The number of rotatable bonds is 6. The molecule has 162 valence electrons. The molecule has 1 aliphatic rings. The summed E-state index contributed by atoms with van der Waals surface area (Å²) in [5, 5.41) is 3.21. The van der Waals surface area contributed by atoms with Crippen molar-refractivity contribution in [2.45, 2.75) is 23.2 Å². The van der Waals surface area contributed by atoms with Crippen LogP contribution in [0.25, 0.3) is 0 Å². The lowest BCUT2D eigenvalue weighted by Gasteiger charge is -2.27. The lowest BCUT2D eigenvalue weighted by Crippen LogP contribution is -2.33. The first-order valence-electron chi connectivity index (χ1n) is 9.91. The average molecular weight is 450 g/mol. The molecular formula is C24H20FN3O3S. The number of nitrogens with one attached hydrogen (secondary N) is 1. The van der Waals surface area contributed by atoms with Crippen LogP contribution in [0.3, 0.4) is 0 Å². The first-order valence-corrected chi connectivity index (χ1v) is 10.9. The van der Waals surface area contributed by atoms with Crippen LogP contribution in [-0.2, 0) is 17.6 Å². The van der Waals surface area contributed by atoms with E-state index < -0.39 is 11.5 Å². The quantitative estimate of drug-likeness (QED) is 0.353. The molecule has 32 heavy (non-hydrogen) atoms. The number of ether oxygens (including phenoxy) is 1. The molecule has 2 heterocycles. The number of anilines is 1. The van der Waals surface area contributed by atoms with E-state index >= 15 is 0 Å². The fourth-order valence-corrected chi connectivity index (χ4v) is 4.58. The highest BCUT2D eigenvalue weighted by Crippen LogP contribution is 2.36. The lowest BCUT2D eigenvalue weighted by atomic mass is 9.87. The summed E-state index contributed by atoms with van der Waals surface area (Å²) in [5.41, 5.74) is 1.34. The standard InChI is InChI=1S/C24H20FN3O3S/c1-3-12-31-17-10-8-15(9-11-17)18-13-20(29)26-22-21(18)23(30)27-24(28(22)2)32-14-16-6-4-5-7-19(16)25/h1,4-11,18H,12-14H2,2H3,(H,26,29)/t18-/m0/s1. The van der Waals surface area contributed by atoms with Crippen LogP contribution >= 0.6 is 11.8 Å². The smallest absolute Gasteiger partial charge is 0.279 e. The van der Waals surface area contributed by atoms with Gasteiger partial charge in [0, 0.05) is 25.1 Å². The summed E-state index contributed by atoms with van der Waals surface area (Å²) in [4.78, 5) is 29.7. The summed E-state index contributed by atoms with van der Waals surface area (Å²) >= 11 is 1.24. The maximum Gasteiger partial charge on any atom is 0.279 e. The minimum atomic E-state index is -0.433. The topological polar surface area (TPSA) is 73.2 Å². The summed E-state index contributed by atoms with van der Waals surface area (Å²) in [6, 6.07) is 13.6. The third-order valence-electron chi connectivity index (χ3n) is 5.22. The third kappa shape index (κ3) is 4.39. The van der Waals surface area contributed by atoms with E-state index in [1.807, 2.05) is 12.1 Å². The van der Waals surface area contributed by atoms with Crippen molar-refractivity contribution in [1.29, 1.82) is 0 Å². The highest BCUT2D eigenvalue weighted by Gasteiger charge is 2.32. The van der Waals surface area contributed by atoms with E-state index in [0.717, 1.165) is 5.56 Å². The van der Waals surface area contributed by atoms with Gasteiger partial charge in [-0.25, -0.2) is 4.39 Å². The van der Waals surface area contributed by atoms with Crippen LogP contribution in [0.5, 0.6) is 5.75 Å². The van der Waals surface area contributed by atoms with E-state index in [2.05, 4.69) is 16.2 Å². The van der Waals surface area contributed by atoms with Crippen LogP contribution in [0.1, 0.15) is 29.0 Å². The molecule has 0 saturated heterocycles. The fourth-order valence-electron chi connectivity index (χ4n) is 3.63. The van der Waals surface area contributed by atoms with Crippen molar-refractivity contribution in [2.75, 3.05) is 11.9 Å². The number of hydrogen-bond donors (Lipinski definition) is 1. The Morgan fingerprint density at radius 1 is 1.25 bits per heavy atom. The second kappa shape index (κ2) is 9.28. The van der Waals surface area contributed by atoms with Gasteiger partial charge in [0.25, 0.3) is 5.56 Å².